The van der Waals surface area contributed by atoms with E-state index in [0.717, 1.165) is 28.6 Å². The van der Waals surface area contributed by atoms with E-state index in [9.17, 15) is 4.79 Å². The molecule has 2 aromatic rings. The minimum absolute atomic E-state index is 0.0307. The standard InChI is InChI=1S/C22H26BrNO3/c1-3-27-19-7-4-17(5-8-19)22(10-12-26-13-11-22)15-24-21(25)20-9-6-18(23)14-16(20)2/h4-9,14H,3,10-13,15H2,1-2H3,(H,24,25). The molecule has 4 nitrogen and oxygen atoms in total. The first-order valence-corrected chi connectivity index (χ1v) is 10.2. The zero-order valence-electron chi connectivity index (χ0n) is 15.9. The number of carbonyl (C=O) groups is 1. The van der Waals surface area contributed by atoms with Crippen molar-refractivity contribution in [1.82, 2.24) is 5.32 Å². The van der Waals surface area contributed by atoms with Gasteiger partial charge in [-0.05, 0) is 68.1 Å². The highest BCUT2D eigenvalue weighted by atomic mass is 79.9. The van der Waals surface area contributed by atoms with Gasteiger partial charge in [0, 0.05) is 35.2 Å². The minimum Gasteiger partial charge on any atom is -0.494 e. The van der Waals surface area contributed by atoms with Crippen molar-refractivity contribution >= 4 is 21.8 Å². The molecule has 1 saturated heterocycles. The normalized spacial score (nSPS) is 16.0. The van der Waals surface area contributed by atoms with Crippen molar-refractivity contribution in [2.24, 2.45) is 0 Å². The number of carbonyl (C=O) groups excluding carboxylic acids is 1. The highest BCUT2D eigenvalue weighted by molar-refractivity contribution is 9.10. The molecule has 1 amide bonds. The maximum absolute atomic E-state index is 12.8. The Morgan fingerprint density at radius 1 is 1.19 bits per heavy atom. The number of hydrogen-bond acceptors (Lipinski definition) is 3. The Bertz CT molecular complexity index is 783. The van der Waals surface area contributed by atoms with Crippen molar-refractivity contribution < 1.29 is 14.3 Å². The lowest BCUT2D eigenvalue weighted by molar-refractivity contribution is 0.0487. The Balaban J connectivity index is 1.77. The molecule has 0 bridgehead atoms. The zero-order chi connectivity index (χ0) is 19.3. The molecule has 1 fully saturated rings. The van der Waals surface area contributed by atoms with Crippen LogP contribution in [0.2, 0.25) is 0 Å². The van der Waals surface area contributed by atoms with Crippen LogP contribution in [0.4, 0.5) is 0 Å². The maximum atomic E-state index is 12.8. The number of amides is 1. The molecule has 27 heavy (non-hydrogen) atoms. The van der Waals surface area contributed by atoms with Crippen LogP contribution >= 0.6 is 15.9 Å². The molecule has 0 aliphatic carbocycles. The number of nitrogens with one attached hydrogen (secondary N) is 1. The molecule has 0 aromatic heterocycles. The van der Waals surface area contributed by atoms with Gasteiger partial charge in [0.1, 0.15) is 5.75 Å². The highest BCUT2D eigenvalue weighted by Gasteiger charge is 2.35. The molecule has 0 saturated carbocycles. The summed E-state index contributed by atoms with van der Waals surface area (Å²) < 4.78 is 12.1. The smallest absolute Gasteiger partial charge is 0.251 e. The summed E-state index contributed by atoms with van der Waals surface area (Å²) in [5.41, 5.74) is 2.79. The molecule has 1 aliphatic heterocycles. The van der Waals surface area contributed by atoms with Gasteiger partial charge >= 0.3 is 0 Å². The Hall–Kier alpha value is -1.85. The lowest BCUT2D eigenvalue weighted by Crippen LogP contribution is -2.44. The average Bonchev–Trinajstić information content (AvgIpc) is 2.68. The van der Waals surface area contributed by atoms with Gasteiger partial charge in [0.2, 0.25) is 0 Å². The largest absolute Gasteiger partial charge is 0.494 e. The zero-order valence-corrected chi connectivity index (χ0v) is 17.5. The molecule has 1 N–H and O–H groups in total. The van der Waals surface area contributed by atoms with E-state index in [1.165, 1.54) is 5.56 Å². The van der Waals surface area contributed by atoms with Crippen molar-refractivity contribution in [1.29, 1.82) is 0 Å². The lowest BCUT2D eigenvalue weighted by Gasteiger charge is -2.38. The SMILES string of the molecule is CCOc1ccc(C2(CNC(=O)c3ccc(Br)cc3C)CCOCC2)cc1. The van der Waals surface area contributed by atoms with Crippen LogP contribution in [0.25, 0.3) is 0 Å². The van der Waals surface area contributed by atoms with Crippen LogP contribution in [-0.2, 0) is 10.2 Å². The first-order valence-electron chi connectivity index (χ1n) is 9.39. The molecule has 144 valence electrons. The minimum atomic E-state index is -0.109. The van der Waals surface area contributed by atoms with E-state index in [1.54, 1.807) is 0 Å². The van der Waals surface area contributed by atoms with Crippen LogP contribution in [0, 0.1) is 6.92 Å². The van der Waals surface area contributed by atoms with Gasteiger partial charge in [-0.1, -0.05) is 28.1 Å². The third kappa shape index (κ3) is 4.71. The quantitative estimate of drug-likeness (QED) is 0.724. The summed E-state index contributed by atoms with van der Waals surface area (Å²) in [6.45, 7) is 6.60. The van der Waals surface area contributed by atoms with Gasteiger partial charge < -0.3 is 14.8 Å². The van der Waals surface area contributed by atoms with Crippen molar-refractivity contribution in [3.8, 4) is 5.75 Å². The van der Waals surface area contributed by atoms with Crippen LogP contribution in [0.3, 0.4) is 0 Å². The Labute approximate surface area is 169 Å². The molecule has 0 unspecified atom stereocenters. The molecule has 5 heteroatoms. The molecular formula is C22H26BrNO3. The molecule has 1 aliphatic rings. The summed E-state index contributed by atoms with van der Waals surface area (Å²) in [7, 11) is 0. The van der Waals surface area contributed by atoms with E-state index < -0.39 is 0 Å². The molecular weight excluding hydrogens is 406 g/mol. The molecule has 0 atom stereocenters. The van der Waals surface area contributed by atoms with Crippen molar-refractivity contribution in [3.63, 3.8) is 0 Å². The van der Waals surface area contributed by atoms with E-state index in [0.29, 0.717) is 31.9 Å². The monoisotopic (exact) mass is 431 g/mol. The summed E-state index contributed by atoms with van der Waals surface area (Å²) in [5.74, 6) is 0.842. The lowest BCUT2D eigenvalue weighted by atomic mass is 9.74. The molecule has 2 aromatic carbocycles. The van der Waals surface area contributed by atoms with E-state index in [1.807, 2.05) is 44.2 Å². The number of aryl methyl sites for hydroxylation is 1. The number of benzene rings is 2. The van der Waals surface area contributed by atoms with Gasteiger partial charge in [-0.15, -0.1) is 0 Å². The van der Waals surface area contributed by atoms with Crippen LogP contribution in [0.5, 0.6) is 5.75 Å². The molecule has 3 rings (SSSR count). The van der Waals surface area contributed by atoms with E-state index >= 15 is 0 Å². The first-order chi connectivity index (χ1) is 13.0. The molecule has 0 radical (unpaired) electrons. The number of ether oxygens (including phenoxy) is 2. The van der Waals surface area contributed by atoms with Gasteiger partial charge in [-0.25, -0.2) is 0 Å². The summed E-state index contributed by atoms with van der Waals surface area (Å²) in [6.07, 6.45) is 1.78. The second-order valence-corrected chi connectivity index (χ2v) is 7.91. The van der Waals surface area contributed by atoms with Gasteiger partial charge in [0.15, 0.2) is 0 Å². The van der Waals surface area contributed by atoms with E-state index in [4.69, 9.17) is 9.47 Å². The van der Waals surface area contributed by atoms with Crippen molar-refractivity contribution in [2.45, 2.75) is 32.1 Å². The van der Waals surface area contributed by atoms with Crippen LogP contribution in [0.1, 0.15) is 41.3 Å². The Kier molecular flexibility index (Phi) is 6.55. The van der Waals surface area contributed by atoms with Gasteiger partial charge in [0.25, 0.3) is 5.91 Å². The predicted octanol–water partition coefficient (Wildman–Crippen LogP) is 4.63. The van der Waals surface area contributed by atoms with Crippen molar-refractivity contribution in [2.75, 3.05) is 26.4 Å². The highest BCUT2D eigenvalue weighted by Crippen LogP contribution is 2.35. The topological polar surface area (TPSA) is 47.6 Å². The average molecular weight is 432 g/mol. The third-order valence-corrected chi connectivity index (χ3v) is 5.74. The summed E-state index contributed by atoms with van der Waals surface area (Å²) >= 11 is 3.45. The predicted molar refractivity (Wildman–Crippen MR) is 111 cm³/mol. The molecule has 1 heterocycles. The van der Waals surface area contributed by atoms with Crippen LogP contribution in [0.15, 0.2) is 46.9 Å². The Morgan fingerprint density at radius 3 is 2.52 bits per heavy atom. The number of hydrogen-bond donors (Lipinski definition) is 1. The summed E-state index contributed by atoms with van der Waals surface area (Å²) in [5, 5.41) is 3.17. The fraction of sp³-hybridized carbons (Fsp3) is 0.409. The summed E-state index contributed by atoms with van der Waals surface area (Å²) in [4.78, 5) is 12.8. The van der Waals surface area contributed by atoms with Gasteiger partial charge in [-0.2, -0.15) is 0 Å². The van der Waals surface area contributed by atoms with Crippen LogP contribution in [-0.4, -0.2) is 32.3 Å². The summed E-state index contributed by atoms with van der Waals surface area (Å²) in [6, 6.07) is 14.0. The third-order valence-electron chi connectivity index (χ3n) is 5.25. The Morgan fingerprint density at radius 2 is 1.89 bits per heavy atom. The number of rotatable bonds is 6. The van der Waals surface area contributed by atoms with Crippen molar-refractivity contribution in [3.05, 3.63) is 63.6 Å². The second kappa shape index (κ2) is 8.89. The van der Waals surface area contributed by atoms with E-state index in [2.05, 4.69) is 33.4 Å². The van der Waals surface area contributed by atoms with E-state index in [-0.39, 0.29) is 11.3 Å². The molecule has 0 spiro atoms. The first kappa shape index (κ1) is 19.9. The number of halogens is 1. The fourth-order valence-electron chi connectivity index (χ4n) is 3.63. The maximum Gasteiger partial charge on any atom is 0.251 e. The van der Waals surface area contributed by atoms with Gasteiger partial charge in [0.05, 0.1) is 6.61 Å². The fourth-order valence-corrected chi connectivity index (χ4v) is 4.10. The van der Waals surface area contributed by atoms with Crippen LogP contribution < -0.4 is 10.1 Å². The van der Waals surface area contributed by atoms with Gasteiger partial charge in [-0.3, -0.25) is 4.79 Å². The second-order valence-electron chi connectivity index (χ2n) is 6.99.